The number of aromatic nitrogens is 1. The van der Waals surface area contributed by atoms with E-state index >= 15 is 0 Å². The van der Waals surface area contributed by atoms with Crippen LogP contribution in [0.2, 0.25) is 0 Å². The van der Waals surface area contributed by atoms with E-state index < -0.39 is 0 Å². The minimum atomic E-state index is -0.169. The molecular weight excluding hydrogens is 352 g/mol. The van der Waals surface area contributed by atoms with Crippen molar-refractivity contribution in [1.29, 1.82) is 0 Å². The number of nitrogens with zero attached hydrogens (tertiary/aromatic N) is 2. The first-order valence-corrected chi connectivity index (χ1v) is 10.4. The Labute approximate surface area is 164 Å². The Bertz CT molecular complexity index is 914. The Balaban J connectivity index is 1.33. The number of carbonyl (C=O) groups excluding carboxylic acids is 2. The van der Waals surface area contributed by atoms with Crippen LogP contribution in [0.15, 0.2) is 36.4 Å². The second-order valence-corrected chi connectivity index (χ2v) is 8.34. The van der Waals surface area contributed by atoms with Crippen molar-refractivity contribution in [2.24, 2.45) is 11.8 Å². The lowest BCUT2D eigenvalue weighted by Crippen LogP contribution is -2.66. The van der Waals surface area contributed by atoms with E-state index in [1.807, 2.05) is 30.3 Å². The molecule has 2 amide bonds. The zero-order valence-corrected chi connectivity index (χ0v) is 15.9. The third kappa shape index (κ3) is 3.05. The van der Waals surface area contributed by atoms with E-state index in [0.29, 0.717) is 36.5 Å². The predicted octanol–water partition coefficient (Wildman–Crippen LogP) is 1.95. The van der Waals surface area contributed by atoms with Crippen LogP contribution in [0.4, 0.5) is 0 Å². The molecule has 3 aliphatic rings. The summed E-state index contributed by atoms with van der Waals surface area (Å²) in [6.45, 7) is 2.42. The first kappa shape index (κ1) is 17.6. The average molecular weight is 378 g/mol. The minimum absolute atomic E-state index is 0.0752. The Morgan fingerprint density at radius 2 is 2.04 bits per heavy atom. The molecule has 3 aliphatic heterocycles. The van der Waals surface area contributed by atoms with Gasteiger partial charge in [0.2, 0.25) is 5.91 Å². The van der Waals surface area contributed by atoms with Gasteiger partial charge < -0.3 is 15.5 Å². The van der Waals surface area contributed by atoms with E-state index in [-0.39, 0.29) is 17.9 Å². The molecule has 6 heteroatoms. The summed E-state index contributed by atoms with van der Waals surface area (Å²) in [5, 5.41) is 7.63. The minimum Gasteiger partial charge on any atom is -0.349 e. The van der Waals surface area contributed by atoms with E-state index in [1.54, 1.807) is 6.07 Å². The maximum absolute atomic E-state index is 12.8. The highest BCUT2D eigenvalue weighted by Gasteiger charge is 2.47. The maximum atomic E-state index is 12.8. The molecule has 6 nitrogen and oxygen atoms in total. The van der Waals surface area contributed by atoms with Crippen molar-refractivity contribution in [3.8, 4) is 0 Å². The summed E-state index contributed by atoms with van der Waals surface area (Å²) in [4.78, 5) is 32.1. The molecule has 3 fully saturated rings. The first-order valence-electron chi connectivity index (χ1n) is 10.4. The molecule has 0 radical (unpaired) electrons. The van der Waals surface area contributed by atoms with E-state index in [9.17, 15) is 9.59 Å². The Morgan fingerprint density at radius 3 is 2.96 bits per heavy atom. The highest BCUT2D eigenvalue weighted by atomic mass is 16.2. The first-order chi connectivity index (χ1) is 13.7. The number of carbonyl (C=O) groups is 2. The standard InChI is InChI=1S/C22H26N4O2/c27-21-7-3-6-19-15-10-16(12-23-11-15)20(26(19)21)13-24-22(28)18-9-8-14-4-1-2-5-17(14)25-18/h1-2,4-5,8-9,15-16,19-20,23H,3,6-7,10-13H2,(H,24,28)/t15-,16+,19+,20+/m1/s1. The number of pyridine rings is 1. The number of rotatable bonds is 3. The molecule has 0 saturated carbocycles. The fraction of sp³-hybridized carbons (Fsp3) is 0.500. The summed E-state index contributed by atoms with van der Waals surface area (Å²) in [5.41, 5.74) is 1.24. The lowest BCUT2D eigenvalue weighted by Gasteiger charge is -2.54. The maximum Gasteiger partial charge on any atom is 0.269 e. The van der Waals surface area contributed by atoms with Gasteiger partial charge in [-0.3, -0.25) is 9.59 Å². The molecule has 28 heavy (non-hydrogen) atoms. The van der Waals surface area contributed by atoms with Gasteiger partial charge in [-0.1, -0.05) is 24.3 Å². The molecule has 0 spiro atoms. The molecule has 1 aromatic carbocycles. The number of piperidine rings is 3. The van der Waals surface area contributed by atoms with Crippen LogP contribution in [-0.4, -0.2) is 53.4 Å². The van der Waals surface area contributed by atoms with Crippen molar-refractivity contribution < 1.29 is 9.59 Å². The lowest BCUT2D eigenvalue weighted by molar-refractivity contribution is -0.148. The molecule has 2 aromatic rings. The van der Waals surface area contributed by atoms with Crippen LogP contribution >= 0.6 is 0 Å². The fourth-order valence-corrected chi connectivity index (χ4v) is 5.38. The van der Waals surface area contributed by atoms with Crippen LogP contribution in [-0.2, 0) is 4.79 Å². The quantitative estimate of drug-likeness (QED) is 0.856. The molecule has 0 unspecified atom stereocenters. The third-order valence-electron chi connectivity index (χ3n) is 6.70. The van der Waals surface area contributed by atoms with Gasteiger partial charge in [0.05, 0.1) is 11.6 Å². The molecule has 2 N–H and O–H groups in total. The number of benzene rings is 1. The van der Waals surface area contributed by atoms with Crippen LogP contribution in [0.5, 0.6) is 0 Å². The van der Waals surface area contributed by atoms with Gasteiger partial charge in [0, 0.05) is 30.9 Å². The van der Waals surface area contributed by atoms with Gasteiger partial charge in [-0.15, -0.1) is 0 Å². The molecule has 5 rings (SSSR count). The van der Waals surface area contributed by atoms with Crippen molar-refractivity contribution in [3.05, 3.63) is 42.1 Å². The van der Waals surface area contributed by atoms with E-state index in [1.165, 1.54) is 0 Å². The molecule has 1 aromatic heterocycles. The number of para-hydroxylation sites is 1. The van der Waals surface area contributed by atoms with E-state index in [4.69, 9.17) is 0 Å². The summed E-state index contributed by atoms with van der Waals surface area (Å²) in [6.07, 6.45) is 3.86. The van der Waals surface area contributed by atoms with E-state index in [0.717, 1.165) is 43.3 Å². The van der Waals surface area contributed by atoms with Crippen LogP contribution in [0.1, 0.15) is 36.2 Å². The van der Waals surface area contributed by atoms with Crippen molar-refractivity contribution in [2.75, 3.05) is 19.6 Å². The SMILES string of the molecule is O=C(NC[C@H]1[C@@H]2CNC[C@@H](C2)[C@@H]2CCCC(=O)N21)c1ccc2ccccc2n1. The summed E-state index contributed by atoms with van der Waals surface area (Å²) in [6, 6.07) is 11.9. The molecular formula is C22H26N4O2. The highest BCUT2D eigenvalue weighted by Crippen LogP contribution is 2.39. The van der Waals surface area contributed by atoms with Gasteiger partial charge in [0.1, 0.15) is 5.69 Å². The molecule has 146 valence electrons. The normalized spacial score (nSPS) is 29.4. The fourth-order valence-electron chi connectivity index (χ4n) is 5.38. The van der Waals surface area contributed by atoms with Crippen molar-refractivity contribution in [3.63, 3.8) is 0 Å². The topological polar surface area (TPSA) is 74.3 Å². The molecule has 4 heterocycles. The number of nitrogens with one attached hydrogen (secondary N) is 2. The van der Waals surface area contributed by atoms with Gasteiger partial charge in [0.15, 0.2) is 0 Å². The summed E-state index contributed by atoms with van der Waals surface area (Å²) >= 11 is 0. The monoisotopic (exact) mass is 378 g/mol. The van der Waals surface area contributed by atoms with Crippen LogP contribution in [0.25, 0.3) is 10.9 Å². The van der Waals surface area contributed by atoms with Crippen molar-refractivity contribution in [2.45, 2.75) is 37.8 Å². The zero-order chi connectivity index (χ0) is 19.1. The van der Waals surface area contributed by atoms with Crippen molar-refractivity contribution >= 4 is 22.7 Å². The Hall–Kier alpha value is -2.47. The van der Waals surface area contributed by atoms with Gasteiger partial charge in [0.25, 0.3) is 5.91 Å². The van der Waals surface area contributed by atoms with Crippen LogP contribution in [0, 0.1) is 11.8 Å². The van der Waals surface area contributed by atoms with Crippen LogP contribution < -0.4 is 10.6 Å². The smallest absolute Gasteiger partial charge is 0.269 e. The van der Waals surface area contributed by atoms with Gasteiger partial charge in [-0.25, -0.2) is 4.98 Å². The molecule has 0 aliphatic carbocycles. The number of hydrogen-bond donors (Lipinski definition) is 2. The second kappa shape index (κ2) is 7.17. The number of fused-ring (bicyclic) bond motifs is 5. The Morgan fingerprint density at radius 1 is 1.18 bits per heavy atom. The molecule has 3 saturated heterocycles. The van der Waals surface area contributed by atoms with Gasteiger partial charge >= 0.3 is 0 Å². The second-order valence-electron chi connectivity index (χ2n) is 8.34. The summed E-state index contributed by atoms with van der Waals surface area (Å²) in [5.74, 6) is 1.05. The van der Waals surface area contributed by atoms with E-state index in [2.05, 4.69) is 20.5 Å². The molecule has 2 bridgehead atoms. The van der Waals surface area contributed by atoms with Gasteiger partial charge in [-0.2, -0.15) is 0 Å². The average Bonchev–Trinajstić information content (AvgIpc) is 2.74. The van der Waals surface area contributed by atoms with Crippen molar-refractivity contribution in [1.82, 2.24) is 20.5 Å². The summed E-state index contributed by atoms with van der Waals surface area (Å²) in [7, 11) is 0. The van der Waals surface area contributed by atoms with Crippen LogP contribution in [0.3, 0.4) is 0 Å². The third-order valence-corrected chi connectivity index (χ3v) is 6.70. The predicted molar refractivity (Wildman–Crippen MR) is 107 cm³/mol. The zero-order valence-electron chi connectivity index (χ0n) is 15.9. The number of hydrogen-bond acceptors (Lipinski definition) is 4. The Kier molecular flexibility index (Phi) is 4.51. The van der Waals surface area contributed by atoms with Gasteiger partial charge in [-0.05, 0) is 49.8 Å². The number of amides is 2. The molecule has 4 atom stereocenters. The highest BCUT2D eigenvalue weighted by molar-refractivity contribution is 5.94. The summed E-state index contributed by atoms with van der Waals surface area (Å²) < 4.78 is 0. The largest absolute Gasteiger partial charge is 0.349 e. The lowest BCUT2D eigenvalue weighted by atomic mass is 9.72.